The van der Waals surface area contributed by atoms with Crippen molar-refractivity contribution in [3.8, 4) is 5.75 Å². The summed E-state index contributed by atoms with van der Waals surface area (Å²) in [4.78, 5) is 0. The number of ether oxygens (including phenoxy) is 2. The number of halogens is 2. The Bertz CT molecular complexity index is 470. The van der Waals surface area contributed by atoms with Crippen molar-refractivity contribution in [3.63, 3.8) is 0 Å². The maximum absolute atomic E-state index is 6.34. The Hall–Kier alpha value is -0.0600. The van der Waals surface area contributed by atoms with Gasteiger partial charge in [-0.15, -0.1) is 0 Å². The van der Waals surface area contributed by atoms with Gasteiger partial charge in [-0.2, -0.15) is 0 Å². The van der Waals surface area contributed by atoms with Crippen LogP contribution in [0.25, 0.3) is 0 Å². The van der Waals surface area contributed by atoms with Gasteiger partial charge < -0.3 is 9.47 Å². The summed E-state index contributed by atoms with van der Waals surface area (Å²) in [6, 6.07) is 6.21. The smallest absolute Gasteiger partial charge is 0.137 e. The molecule has 1 aliphatic carbocycles. The van der Waals surface area contributed by atoms with E-state index < -0.39 is 0 Å². The molecule has 0 bridgehead atoms. The molecule has 1 aromatic carbocycles. The van der Waals surface area contributed by atoms with Gasteiger partial charge in [0.05, 0.1) is 16.7 Å². The number of rotatable bonds is 3. The molecule has 1 saturated carbocycles. The highest BCUT2D eigenvalue weighted by Crippen LogP contribution is 2.42. The molecule has 0 amide bonds. The Balaban J connectivity index is 1.74. The number of alkyl halides is 1. The molecule has 1 aromatic rings. The second kappa shape index (κ2) is 6.37. The first-order valence-corrected chi connectivity index (χ1v) is 9.28. The van der Waals surface area contributed by atoms with Gasteiger partial charge in [-0.1, -0.05) is 40.9 Å². The van der Waals surface area contributed by atoms with E-state index >= 15 is 0 Å². The first-order chi connectivity index (χ1) is 9.72. The molecule has 1 aliphatic heterocycles. The maximum Gasteiger partial charge on any atom is 0.137 e. The van der Waals surface area contributed by atoms with E-state index in [0.29, 0.717) is 0 Å². The second-order valence-corrected chi connectivity index (χ2v) is 7.25. The molecule has 0 aromatic heterocycles. The normalized spacial score (nSPS) is 25.0. The number of benzene rings is 1. The molecule has 110 valence electrons. The zero-order chi connectivity index (χ0) is 14.0. The van der Waals surface area contributed by atoms with Crippen LogP contribution >= 0.6 is 31.9 Å². The van der Waals surface area contributed by atoms with Crippen molar-refractivity contribution in [3.05, 3.63) is 28.2 Å². The molecule has 2 fully saturated rings. The van der Waals surface area contributed by atoms with Crippen LogP contribution in [-0.4, -0.2) is 18.3 Å². The fourth-order valence-electron chi connectivity index (χ4n) is 3.41. The van der Waals surface area contributed by atoms with Crippen LogP contribution < -0.4 is 4.74 Å². The van der Waals surface area contributed by atoms with Gasteiger partial charge in [-0.3, -0.25) is 0 Å². The molecular weight excluding hydrogens is 384 g/mol. The predicted molar refractivity (Wildman–Crippen MR) is 87.6 cm³/mol. The lowest BCUT2D eigenvalue weighted by Gasteiger charge is -2.38. The minimum Gasteiger partial charge on any atom is -0.489 e. The van der Waals surface area contributed by atoms with Crippen molar-refractivity contribution in [2.45, 2.75) is 55.6 Å². The molecule has 3 rings (SSSR count). The second-order valence-electron chi connectivity index (χ2n) is 5.83. The van der Waals surface area contributed by atoms with Crippen molar-refractivity contribution in [2.75, 3.05) is 6.61 Å². The Kier molecular flexibility index (Phi) is 4.73. The fourth-order valence-corrected chi connectivity index (χ4v) is 4.35. The monoisotopic (exact) mass is 402 g/mol. The Morgan fingerprint density at radius 2 is 2.10 bits per heavy atom. The minimum atomic E-state index is 0.110. The van der Waals surface area contributed by atoms with Gasteiger partial charge >= 0.3 is 0 Å². The van der Waals surface area contributed by atoms with Gasteiger partial charge in [-0.05, 0) is 34.8 Å². The van der Waals surface area contributed by atoms with Gasteiger partial charge in [0.25, 0.3) is 0 Å². The zero-order valence-corrected chi connectivity index (χ0v) is 14.7. The van der Waals surface area contributed by atoms with E-state index in [4.69, 9.17) is 9.47 Å². The third kappa shape index (κ3) is 3.07. The summed E-state index contributed by atoms with van der Waals surface area (Å²) in [5.41, 5.74) is 1.31. The van der Waals surface area contributed by atoms with Crippen LogP contribution in [-0.2, 0) is 10.1 Å². The summed E-state index contributed by atoms with van der Waals surface area (Å²) in [7, 11) is 0. The lowest BCUT2D eigenvalue weighted by molar-refractivity contribution is -0.108. The molecule has 2 aliphatic rings. The summed E-state index contributed by atoms with van der Waals surface area (Å²) in [6.07, 6.45) is 7.31. The summed E-state index contributed by atoms with van der Waals surface area (Å²) in [5, 5.41) is 0.816. The van der Waals surface area contributed by atoms with Crippen molar-refractivity contribution >= 4 is 31.9 Å². The quantitative estimate of drug-likeness (QED) is 0.644. The molecule has 1 spiro atoms. The third-order valence-corrected chi connectivity index (χ3v) is 5.67. The highest BCUT2D eigenvalue weighted by atomic mass is 79.9. The highest BCUT2D eigenvalue weighted by molar-refractivity contribution is 9.10. The fraction of sp³-hybridized carbons (Fsp3) is 0.625. The van der Waals surface area contributed by atoms with E-state index in [2.05, 4.69) is 44.0 Å². The van der Waals surface area contributed by atoms with E-state index in [-0.39, 0.29) is 11.7 Å². The zero-order valence-electron chi connectivity index (χ0n) is 11.5. The van der Waals surface area contributed by atoms with E-state index in [1.165, 1.54) is 31.2 Å². The average Bonchev–Trinajstić information content (AvgIpc) is 2.89. The van der Waals surface area contributed by atoms with Crippen LogP contribution in [0.2, 0.25) is 0 Å². The molecule has 0 radical (unpaired) electrons. The molecule has 4 heteroatoms. The van der Waals surface area contributed by atoms with Crippen LogP contribution in [0, 0.1) is 0 Å². The molecule has 20 heavy (non-hydrogen) atoms. The van der Waals surface area contributed by atoms with E-state index in [0.717, 1.165) is 35.0 Å². The van der Waals surface area contributed by atoms with Gasteiger partial charge in [0, 0.05) is 23.7 Å². The molecular formula is C16H20Br2O2. The summed E-state index contributed by atoms with van der Waals surface area (Å²) in [6.45, 7) is 0.832. The Morgan fingerprint density at radius 1 is 1.30 bits per heavy atom. The van der Waals surface area contributed by atoms with E-state index in [1.807, 2.05) is 6.07 Å². The number of hydrogen-bond acceptors (Lipinski definition) is 2. The topological polar surface area (TPSA) is 18.5 Å². The van der Waals surface area contributed by atoms with Gasteiger partial charge in [-0.25, -0.2) is 0 Å². The first-order valence-electron chi connectivity index (χ1n) is 7.36. The van der Waals surface area contributed by atoms with E-state index in [1.54, 1.807) is 0 Å². The predicted octanol–water partition coefficient (Wildman–Crippen LogP) is 5.21. The van der Waals surface area contributed by atoms with Crippen LogP contribution in [0.5, 0.6) is 5.75 Å². The maximum atomic E-state index is 6.34. The summed E-state index contributed by atoms with van der Waals surface area (Å²) in [5.74, 6) is 0.990. The van der Waals surface area contributed by atoms with Crippen molar-refractivity contribution in [1.29, 1.82) is 0 Å². The Morgan fingerprint density at radius 3 is 2.85 bits per heavy atom. The molecule has 1 heterocycles. The van der Waals surface area contributed by atoms with Crippen LogP contribution in [0.3, 0.4) is 0 Å². The lowest BCUT2D eigenvalue weighted by atomic mass is 9.90. The standard InChI is InChI=1S/C16H20Br2O2/c17-11-12-4-3-5-14(18)15(12)20-13-6-9-19-16(10-13)7-1-2-8-16/h3-5,13H,1-2,6-11H2. The average molecular weight is 404 g/mol. The summed E-state index contributed by atoms with van der Waals surface area (Å²) >= 11 is 7.15. The summed E-state index contributed by atoms with van der Waals surface area (Å²) < 4.78 is 13.5. The lowest BCUT2D eigenvalue weighted by Crippen LogP contribution is -2.41. The Labute approximate surface area is 137 Å². The molecule has 1 atom stereocenters. The SMILES string of the molecule is BrCc1cccc(Br)c1OC1CCOC2(CCCC2)C1. The molecule has 0 N–H and O–H groups in total. The van der Waals surface area contributed by atoms with Crippen LogP contribution in [0.4, 0.5) is 0 Å². The van der Waals surface area contributed by atoms with Crippen LogP contribution in [0.15, 0.2) is 22.7 Å². The minimum absolute atomic E-state index is 0.110. The molecule has 2 nitrogen and oxygen atoms in total. The van der Waals surface area contributed by atoms with Gasteiger partial charge in [0.15, 0.2) is 0 Å². The molecule has 1 unspecified atom stereocenters. The van der Waals surface area contributed by atoms with Gasteiger partial charge in [0.1, 0.15) is 11.9 Å². The van der Waals surface area contributed by atoms with E-state index in [9.17, 15) is 0 Å². The van der Waals surface area contributed by atoms with Crippen molar-refractivity contribution in [2.24, 2.45) is 0 Å². The number of para-hydroxylation sites is 1. The third-order valence-electron chi connectivity index (χ3n) is 4.44. The van der Waals surface area contributed by atoms with Gasteiger partial charge in [0.2, 0.25) is 0 Å². The first kappa shape index (κ1) is 14.9. The van der Waals surface area contributed by atoms with Crippen LogP contribution in [0.1, 0.15) is 44.1 Å². The molecule has 1 saturated heterocycles. The highest BCUT2D eigenvalue weighted by Gasteiger charge is 2.40. The number of hydrogen-bond donors (Lipinski definition) is 0. The largest absolute Gasteiger partial charge is 0.489 e. The van der Waals surface area contributed by atoms with Crippen molar-refractivity contribution < 1.29 is 9.47 Å². The van der Waals surface area contributed by atoms with Crippen molar-refractivity contribution in [1.82, 2.24) is 0 Å².